The van der Waals surface area contributed by atoms with Crippen LogP contribution < -0.4 is 14.4 Å². The fraction of sp³-hybridized carbons (Fsp3) is 0.391. The number of benzene rings is 1. The molecule has 0 spiro atoms. The van der Waals surface area contributed by atoms with Crippen LogP contribution in [0.15, 0.2) is 28.8 Å². The molecule has 166 valence electrons. The van der Waals surface area contributed by atoms with Crippen molar-refractivity contribution in [1.29, 1.82) is 0 Å². The van der Waals surface area contributed by atoms with Crippen molar-refractivity contribution in [3.05, 3.63) is 47.4 Å². The largest absolute Gasteiger partial charge is 0.497 e. The average Bonchev–Trinajstić information content (AvgIpc) is 3.51. The van der Waals surface area contributed by atoms with E-state index in [0.29, 0.717) is 17.5 Å². The number of rotatable bonds is 5. The minimum Gasteiger partial charge on any atom is -0.497 e. The first-order valence-electron chi connectivity index (χ1n) is 10.7. The molecular formula is C23H26N6O3. The van der Waals surface area contributed by atoms with Crippen molar-refractivity contribution in [1.82, 2.24) is 24.7 Å². The van der Waals surface area contributed by atoms with Gasteiger partial charge in [-0.05, 0) is 45.7 Å². The number of anilines is 1. The van der Waals surface area contributed by atoms with E-state index < -0.39 is 0 Å². The number of aromatic nitrogens is 5. The number of fused-ring (bicyclic) bond motifs is 1. The molecule has 1 atom stereocenters. The molecule has 5 rings (SSSR count). The quantitative estimate of drug-likeness (QED) is 0.464. The Labute approximate surface area is 186 Å². The SMILES string of the molecule is COc1ccc(-c2c(C)nn3c(N4CCC[C@H]4c4nc(C)no4)cc(C)nc23)c(OC)c1. The van der Waals surface area contributed by atoms with Gasteiger partial charge in [-0.25, -0.2) is 4.98 Å². The molecule has 1 aliphatic heterocycles. The Kier molecular flexibility index (Phi) is 4.96. The second-order valence-electron chi connectivity index (χ2n) is 8.05. The Morgan fingerprint density at radius 1 is 1.06 bits per heavy atom. The third-order valence-corrected chi connectivity index (χ3v) is 5.93. The lowest BCUT2D eigenvalue weighted by Crippen LogP contribution is -2.25. The van der Waals surface area contributed by atoms with Gasteiger partial charge in [0, 0.05) is 29.9 Å². The summed E-state index contributed by atoms with van der Waals surface area (Å²) in [5, 5.41) is 8.87. The van der Waals surface area contributed by atoms with Gasteiger partial charge in [-0.3, -0.25) is 0 Å². The van der Waals surface area contributed by atoms with E-state index in [-0.39, 0.29) is 6.04 Å². The van der Waals surface area contributed by atoms with Crippen molar-refractivity contribution in [3.8, 4) is 22.6 Å². The maximum Gasteiger partial charge on any atom is 0.249 e. The zero-order valence-corrected chi connectivity index (χ0v) is 18.9. The van der Waals surface area contributed by atoms with E-state index in [2.05, 4.69) is 21.1 Å². The molecule has 0 saturated carbocycles. The number of nitrogens with zero attached hydrogens (tertiary/aromatic N) is 6. The third-order valence-electron chi connectivity index (χ3n) is 5.93. The Bertz CT molecular complexity index is 1290. The van der Waals surface area contributed by atoms with Crippen LogP contribution in [-0.2, 0) is 0 Å². The molecule has 9 heteroatoms. The van der Waals surface area contributed by atoms with Gasteiger partial charge in [-0.2, -0.15) is 14.6 Å². The molecule has 0 unspecified atom stereocenters. The monoisotopic (exact) mass is 434 g/mol. The minimum atomic E-state index is 0.0182. The molecule has 4 heterocycles. The normalized spacial score (nSPS) is 16.2. The molecule has 3 aromatic heterocycles. The fourth-order valence-electron chi connectivity index (χ4n) is 4.50. The van der Waals surface area contributed by atoms with Crippen LogP contribution in [-0.4, -0.2) is 45.5 Å². The predicted octanol–water partition coefficient (Wildman–Crippen LogP) is 4.06. The van der Waals surface area contributed by atoms with Crippen LogP contribution >= 0.6 is 0 Å². The lowest BCUT2D eigenvalue weighted by atomic mass is 10.0. The van der Waals surface area contributed by atoms with Crippen molar-refractivity contribution in [3.63, 3.8) is 0 Å². The van der Waals surface area contributed by atoms with Gasteiger partial charge in [-0.1, -0.05) is 5.16 Å². The van der Waals surface area contributed by atoms with E-state index in [4.69, 9.17) is 24.1 Å². The molecule has 0 radical (unpaired) electrons. The number of methoxy groups -OCH3 is 2. The van der Waals surface area contributed by atoms with Crippen LogP contribution in [0, 0.1) is 20.8 Å². The van der Waals surface area contributed by atoms with Gasteiger partial charge in [0.05, 0.1) is 25.5 Å². The molecule has 1 fully saturated rings. The van der Waals surface area contributed by atoms with Crippen molar-refractivity contribution in [2.45, 2.75) is 39.7 Å². The van der Waals surface area contributed by atoms with Crippen LogP contribution in [0.4, 0.5) is 5.82 Å². The molecule has 0 N–H and O–H groups in total. The smallest absolute Gasteiger partial charge is 0.249 e. The standard InChI is InChI=1S/C23H26N6O3/c1-13-11-20(28-10-6-7-18(28)23-25-15(3)27-32-23)29-22(24-13)21(14(2)26-29)17-9-8-16(30-4)12-19(17)31-5/h8-9,11-12,18H,6-7,10H2,1-5H3/t18-/m0/s1. The van der Waals surface area contributed by atoms with Crippen molar-refractivity contribution < 1.29 is 14.0 Å². The highest BCUT2D eigenvalue weighted by Crippen LogP contribution is 2.40. The summed E-state index contributed by atoms with van der Waals surface area (Å²) >= 11 is 0. The Hall–Kier alpha value is -3.62. The molecule has 0 aliphatic carbocycles. The first-order valence-corrected chi connectivity index (χ1v) is 10.7. The molecule has 1 saturated heterocycles. The van der Waals surface area contributed by atoms with E-state index in [9.17, 15) is 0 Å². The van der Waals surface area contributed by atoms with Crippen molar-refractivity contribution >= 4 is 11.5 Å². The highest BCUT2D eigenvalue weighted by Gasteiger charge is 2.33. The Morgan fingerprint density at radius 3 is 2.62 bits per heavy atom. The summed E-state index contributed by atoms with van der Waals surface area (Å²) in [6.07, 6.45) is 1.98. The van der Waals surface area contributed by atoms with E-state index in [1.165, 1.54) is 0 Å². The van der Waals surface area contributed by atoms with E-state index in [0.717, 1.165) is 59.1 Å². The summed E-state index contributed by atoms with van der Waals surface area (Å²) < 4.78 is 18.5. The lowest BCUT2D eigenvalue weighted by molar-refractivity contribution is 0.351. The van der Waals surface area contributed by atoms with Crippen LogP contribution in [0.25, 0.3) is 16.8 Å². The highest BCUT2D eigenvalue weighted by molar-refractivity contribution is 5.85. The number of hydrogen-bond acceptors (Lipinski definition) is 8. The predicted molar refractivity (Wildman–Crippen MR) is 119 cm³/mol. The van der Waals surface area contributed by atoms with E-state index in [1.54, 1.807) is 14.2 Å². The Balaban J connectivity index is 1.68. The van der Waals surface area contributed by atoms with Gasteiger partial charge >= 0.3 is 0 Å². The summed E-state index contributed by atoms with van der Waals surface area (Å²) in [7, 11) is 3.30. The maximum absolute atomic E-state index is 5.67. The van der Waals surface area contributed by atoms with Crippen LogP contribution in [0.2, 0.25) is 0 Å². The summed E-state index contributed by atoms with van der Waals surface area (Å²) in [4.78, 5) is 11.6. The van der Waals surface area contributed by atoms with Gasteiger partial charge in [0.15, 0.2) is 11.5 Å². The lowest BCUT2D eigenvalue weighted by Gasteiger charge is -2.24. The number of aryl methyl sites for hydroxylation is 3. The van der Waals surface area contributed by atoms with Crippen molar-refractivity contribution in [2.24, 2.45) is 0 Å². The zero-order chi connectivity index (χ0) is 22.4. The fourth-order valence-corrected chi connectivity index (χ4v) is 4.50. The van der Waals surface area contributed by atoms with Gasteiger partial charge in [0.2, 0.25) is 5.89 Å². The Morgan fingerprint density at radius 2 is 1.91 bits per heavy atom. The zero-order valence-electron chi connectivity index (χ0n) is 18.9. The first kappa shape index (κ1) is 20.3. The second kappa shape index (κ2) is 7.81. The number of ether oxygens (including phenoxy) is 2. The summed E-state index contributed by atoms with van der Waals surface area (Å²) in [5.41, 5.74) is 4.44. The second-order valence-corrected chi connectivity index (χ2v) is 8.05. The van der Waals surface area contributed by atoms with Gasteiger partial charge in [-0.15, -0.1) is 0 Å². The molecule has 32 heavy (non-hydrogen) atoms. The van der Waals surface area contributed by atoms with Crippen LogP contribution in [0.3, 0.4) is 0 Å². The van der Waals surface area contributed by atoms with Gasteiger partial charge < -0.3 is 18.9 Å². The topological polar surface area (TPSA) is 90.8 Å². The number of hydrogen-bond donors (Lipinski definition) is 0. The molecular weight excluding hydrogens is 408 g/mol. The molecule has 0 amide bonds. The summed E-state index contributed by atoms with van der Waals surface area (Å²) in [5.74, 6) is 3.70. The molecule has 1 aromatic carbocycles. The van der Waals surface area contributed by atoms with Crippen LogP contribution in [0.1, 0.15) is 42.0 Å². The molecule has 1 aliphatic rings. The third kappa shape index (κ3) is 3.24. The molecule has 9 nitrogen and oxygen atoms in total. The maximum atomic E-state index is 5.67. The van der Waals surface area contributed by atoms with E-state index >= 15 is 0 Å². The van der Waals surface area contributed by atoms with E-state index in [1.807, 2.05) is 43.5 Å². The van der Waals surface area contributed by atoms with Gasteiger partial charge in [0.25, 0.3) is 0 Å². The minimum absolute atomic E-state index is 0.0182. The highest BCUT2D eigenvalue weighted by atomic mass is 16.5. The molecule has 4 aromatic rings. The van der Waals surface area contributed by atoms with Gasteiger partial charge in [0.1, 0.15) is 23.4 Å². The van der Waals surface area contributed by atoms with Crippen LogP contribution in [0.5, 0.6) is 11.5 Å². The average molecular weight is 435 g/mol. The summed E-state index contributed by atoms with van der Waals surface area (Å²) in [6, 6.07) is 7.88. The summed E-state index contributed by atoms with van der Waals surface area (Å²) in [6.45, 7) is 6.72. The molecule has 0 bridgehead atoms. The first-order chi connectivity index (χ1) is 15.5. The van der Waals surface area contributed by atoms with Crippen molar-refractivity contribution in [2.75, 3.05) is 25.7 Å².